The van der Waals surface area contributed by atoms with Gasteiger partial charge in [0.05, 0.1) is 11.2 Å². The van der Waals surface area contributed by atoms with Crippen LogP contribution in [0.15, 0.2) is 133 Å². The van der Waals surface area contributed by atoms with E-state index in [0.29, 0.717) is 0 Å². The molecule has 7 aromatic rings. The molecule has 1 nitrogen and oxygen atoms in total. The molecule has 0 aliphatic rings. The summed E-state index contributed by atoms with van der Waals surface area (Å²) in [6.07, 6.45) is 0. The maximum atomic E-state index is 5.19. The molecule has 0 unspecified atom stereocenters. The minimum atomic E-state index is 0.0934. The fourth-order valence-electron chi connectivity index (χ4n) is 6.80. The third kappa shape index (κ3) is 5.33. The fourth-order valence-corrected chi connectivity index (χ4v) is 6.80. The first-order valence-electron chi connectivity index (χ1n) is 16.1. The van der Waals surface area contributed by atoms with Gasteiger partial charge in [0.2, 0.25) is 6.71 Å². The molecule has 1 aromatic heterocycles. The van der Waals surface area contributed by atoms with E-state index >= 15 is 0 Å². The lowest BCUT2D eigenvalue weighted by Crippen LogP contribution is -2.52. The topological polar surface area (TPSA) is 12.9 Å². The highest BCUT2D eigenvalue weighted by Gasteiger charge is 2.26. The van der Waals surface area contributed by atoms with Crippen LogP contribution in [0.1, 0.15) is 52.7 Å². The van der Waals surface area contributed by atoms with Gasteiger partial charge in [-0.25, -0.2) is 4.98 Å². The van der Waals surface area contributed by atoms with E-state index in [9.17, 15) is 0 Å². The average molecular weight is 582 g/mol. The number of benzene rings is 6. The van der Waals surface area contributed by atoms with Crippen molar-refractivity contribution in [3.05, 3.63) is 145 Å². The minimum absolute atomic E-state index is 0.0934. The van der Waals surface area contributed by atoms with E-state index in [2.05, 4.69) is 175 Å². The Bertz CT molecular complexity index is 2090. The smallest absolute Gasteiger partial charge is 0.241 e. The highest BCUT2D eigenvalue weighted by Crippen LogP contribution is 2.36. The van der Waals surface area contributed by atoms with Gasteiger partial charge in [0.25, 0.3) is 0 Å². The second-order valence-corrected chi connectivity index (χ2v) is 14.5. The molecule has 2 heteroatoms. The van der Waals surface area contributed by atoms with Crippen molar-refractivity contribution in [3.8, 4) is 11.3 Å². The highest BCUT2D eigenvalue weighted by atomic mass is 14.7. The monoisotopic (exact) mass is 581 g/mol. The Morgan fingerprint density at radius 3 is 1.58 bits per heavy atom. The van der Waals surface area contributed by atoms with Crippen molar-refractivity contribution in [2.45, 2.75) is 52.4 Å². The van der Waals surface area contributed by atoms with Crippen LogP contribution in [0, 0.1) is 0 Å². The van der Waals surface area contributed by atoms with Crippen molar-refractivity contribution >= 4 is 55.5 Å². The number of nitrogens with zero attached hydrogens (tertiary/aromatic N) is 1. The normalized spacial score (nSPS) is 12.2. The summed E-state index contributed by atoms with van der Waals surface area (Å²) in [6, 6.07) is 49.3. The maximum Gasteiger partial charge on any atom is 0.241 e. The van der Waals surface area contributed by atoms with Crippen LogP contribution in [0.3, 0.4) is 0 Å². The molecule has 0 aliphatic heterocycles. The highest BCUT2D eigenvalue weighted by molar-refractivity contribution is 6.97. The molecule has 0 spiro atoms. The number of hydrogen-bond donors (Lipinski definition) is 0. The molecule has 0 saturated carbocycles. The third-order valence-electron chi connectivity index (χ3n) is 9.33. The van der Waals surface area contributed by atoms with Gasteiger partial charge in [0.15, 0.2) is 0 Å². The van der Waals surface area contributed by atoms with Gasteiger partial charge in [-0.3, -0.25) is 0 Å². The molecular formula is C43H40BN. The van der Waals surface area contributed by atoms with Crippen LogP contribution in [0.5, 0.6) is 0 Å². The Balaban J connectivity index is 1.51. The molecule has 0 atom stereocenters. The molecule has 0 amide bonds. The number of para-hydroxylation sites is 1. The van der Waals surface area contributed by atoms with E-state index in [4.69, 9.17) is 4.98 Å². The minimum Gasteiger partial charge on any atom is -0.247 e. The molecular weight excluding hydrogens is 541 g/mol. The quantitative estimate of drug-likeness (QED) is 0.149. The zero-order valence-electron chi connectivity index (χ0n) is 27.2. The Labute approximate surface area is 268 Å². The van der Waals surface area contributed by atoms with Gasteiger partial charge in [-0.05, 0) is 38.8 Å². The first-order chi connectivity index (χ1) is 21.6. The zero-order valence-corrected chi connectivity index (χ0v) is 27.2. The molecule has 0 bridgehead atoms. The van der Waals surface area contributed by atoms with Gasteiger partial charge in [-0.1, -0.05) is 185 Å². The lowest BCUT2D eigenvalue weighted by molar-refractivity contribution is 0.590. The van der Waals surface area contributed by atoms with Crippen molar-refractivity contribution in [2.24, 2.45) is 0 Å². The van der Waals surface area contributed by atoms with E-state index in [-0.39, 0.29) is 17.5 Å². The first kappa shape index (κ1) is 29.0. The lowest BCUT2D eigenvalue weighted by atomic mass is 9.36. The van der Waals surface area contributed by atoms with E-state index in [1.54, 1.807) is 0 Å². The largest absolute Gasteiger partial charge is 0.247 e. The number of rotatable bonds is 4. The summed E-state index contributed by atoms with van der Waals surface area (Å²) >= 11 is 0. The summed E-state index contributed by atoms with van der Waals surface area (Å²) in [4.78, 5) is 5.19. The SMILES string of the molecule is CC(C)(C)c1ccc(B(c2ccc(C(C)(C)C)cc2)c2cccc3c2ccc2c(-c4ccccc4)nc4ccccc4c23)cc1. The van der Waals surface area contributed by atoms with Crippen molar-refractivity contribution in [1.29, 1.82) is 0 Å². The van der Waals surface area contributed by atoms with Crippen LogP contribution in [-0.2, 0) is 10.8 Å². The summed E-state index contributed by atoms with van der Waals surface area (Å²) in [5, 5.41) is 6.19. The Hall–Kier alpha value is -4.69. The van der Waals surface area contributed by atoms with Crippen LogP contribution < -0.4 is 16.4 Å². The van der Waals surface area contributed by atoms with Crippen LogP contribution in [0.2, 0.25) is 0 Å². The zero-order chi connectivity index (χ0) is 31.3. The standard InChI is InChI=1S/C43H40BN/c1-42(2,3)30-19-23-32(24-20-30)44(33-25-21-31(22-26-33)43(4,5)6)38-17-12-16-35-34(38)27-28-37-40(35)36-15-10-11-18-39(36)45-41(37)29-13-8-7-9-14-29/h7-28H,1-6H3. The van der Waals surface area contributed by atoms with Crippen molar-refractivity contribution in [2.75, 3.05) is 0 Å². The summed E-state index contributed by atoms with van der Waals surface area (Å²) in [6.45, 7) is 13.8. The van der Waals surface area contributed by atoms with Gasteiger partial charge >= 0.3 is 0 Å². The maximum absolute atomic E-state index is 5.19. The number of fused-ring (bicyclic) bond motifs is 5. The van der Waals surface area contributed by atoms with Gasteiger partial charge in [0.1, 0.15) is 0 Å². The molecule has 0 saturated heterocycles. The van der Waals surface area contributed by atoms with Crippen molar-refractivity contribution in [3.63, 3.8) is 0 Å². The average Bonchev–Trinajstić information content (AvgIpc) is 3.04. The molecule has 6 aromatic carbocycles. The fraction of sp³-hybridized carbons (Fsp3) is 0.186. The van der Waals surface area contributed by atoms with Gasteiger partial charge < -0.3 is 0 Å². The van der Waals surface area contributed by atoms with Gasteiger partial charge in [-0.15, -0.1) is 0 Å². The summed E-state index contributed by atoms with van der Waals surface area (Å²) in [5.74, 6) is 0. The lowest BCUT2D eigenvalue weighted by Gasteiger charge is -2.23. The molecule has 45 heavy (non-hydrogen) atoms. The van der Waals surface area contributed by atoms with Crippen LogP contribution in [0.25, 0.3) is 43.7 Å². The summed E-state index contributed by atoms with van der Waals surface area (Å²) in [5.41, 5.74) is 10.0. The molecule has 0 N–H and O–H groups in total. The molecule has 0 aliphatic carbocycles. The van der Waals surface area contributed by atoms with Crippen molar-refractivity contribution in [1.82, 2.24) is 4.98 Å². The molecule has 0 fully saturated rings. The predicted octanol–water partition coefficient (Wildman–Crippen LogP) is 9.32. The Morgan fingerprint density at radius 2 is 0.978 bits per heavy atom. The number of hydrogen-bond acceptors (Lipinski definition) is 1. The molecule has 1 heterocycles. The first-order valence-corrected chi connectivity index (χ1v) is 16.1. The predicted molar refractivity (Wildman–Crippen MR) is 197 cm³/mol. The molecule has 220 valence electrons. The number of aromatic nitrogens is 1. The second kappa shape index (κ2) is 11.0. The van der Waals surface area contributed by atoms with Crippen LogP contribution in [-0.4, -0.2) is 11.7 Å². The van der Waals surface area contributed by atoms with Crippen LogP contribution in [0.4, 0.5) is 0 Å². The summed E-state index contributed by atoms with van der Waals surface area (Å²) in [7, 11) is 0. The Kier molecular flexibility index (Phi) is 7.12. The second-order valence-electron chi connectivity index (χ2n) is 14.5. The van der Waals surface area contributed by atoms with Crippen LogP contribution >= 0.6 is 0 Å². The molecule has 0 radical (unpaired) electrons. The van der Waals surface area contributed by atoms with Crippen molar-refractivity contribution < 1.29 is 0 Å². The van der Waals surface area contributed by atoms with E-state index in [0.717, 1.165) is 16.8 Å². The molecule has 7 rings (SSSR count). The Morgan fingerprint density at radius 1 is 0.444 bits per heavy atom. The van der Waals surface area contributed by atoms with Gasteiger partial charge in [-0.2, -0.15) is 0 Å². The summed E-state index contributed by atoms with van der Waals surface area (Å²) < 4.78 is 0. The van der Waals surface area contributed by atoms with E-state index in [1.165, 1.54) is 54.4 Å². The van der Waals surface area contributed by atoms with E-state index < -0.39 is 0 Å². The van der Waals surface area contributed by atoms with Gasteiger partial charge in [0, 0.05) is 21.7 Å². The van der Waals surface area contributed by atoms with E-state index in [1.807, 2.05) is 0 Å². The number of pyridine rings is 1. The third-order valence-corrected chi connectivity index (χ3v) is 9.33.